The Morgan fingerprint density at radius 2 is 2.00 bits per heavy atom. The minimum Gasteiger partial charge on any atom is -0.358 e. The number of benzene rings is 1. The van der Waals surface area contributed by atoms with Gasteiger partial charge in [-0.15, -0.1) is 11.8 Å². The number of thioether (sulfide) groups is 1. The summed E-state index contributed by atoms with van der Waals surface area (Å²) < 4.78 is 0. The molecule has 0 aliphatic heterocycles. The second-order valence-corrected chi connectivity index (χ2v) is 4.17. The Kier molecular flexibility index (Phi) is 5.21. The predicted octanol–water partition coefficient (Wildman–Crippen LogP) is 1.11. The summed E-state index contributed by atoms with van der Waals surface area (Å²) in [5.74, 6) is 0.765. The van der Waals surface area contributed by atoms with Crippen LogP contribution in [-0.2, 0) is 4.79 Å². The van der Waals surface area contributed by atoms with E-state index in [2.05, 4.69) is 10.6 Å². The molecule has 0 aliphatic carbocycles. The topological polar surface area (TPSA) is 41.1 Å². The highest BCUT2D eigenvalue weighted by Crippen LogP contribution is 2.17. The second-order valence-electron chi connectivity index (χ2n) is 3.08. The molecule has 1 aromatic carbocycles. The van der Waals surface area contributed by atoms with E-state index in [-0.39, 0.29) is 11.9 Å². The van der Waals surface area contributed by atoms with Crippen molar-refractivity contribution in [1.82, 2.24) is 10.6 Å². The smallest absolute Gasteiger partial charge is 0.237 e. The summed E-state index contributed by atoms with van der Waals surface area (Å²) in [5.41, 5.74) is 0. The summed E-state index contributed by atoms with van der Waals surface area (Å²) in [6.07, 6.45) is 0. The summed E-state index contributed by atoms with van der Waals surface area (Å²) in [6, 6.07) is 9.92. The van der Waals surface area contributed by atoms with E-state index in [1.165, 1.54) is 4.90 Å². The van der Waals surface area contributed by atoms with Crippen molar-refractivity contribution in [2.45, 2.75) is 10.9 Å². The molecule has 0 fully saturated rings. The first-order chi connectivity index (χ1) is 7.27. The summed E-state index contributed by atoms with van der Waals surface area (Å²) in [4.78, 5) is 12.6. The minimum atomic E-state index is -0.139. The molecule has 0 saturated heterocycles. The van der Waals surface area contributed by atoms with Crippen molar-refractivity contribution < 1.29 is 4.79 Å². The van der Waals surface area contributed by atoms with E-state index in [1.807, 2.05) is 30.3 Å². The van der Waals surface area contributed by atoms with Gasteiger partial charge >= 0.3 is 0 Å². The second kappa shape index (κ2) is 6.48. The minimum absolute atomic E-state index is 0.0286. The van der Waals surface area contributed by atoms with E-state index in [4.69, 9.17) is 0 Å². The quantitative estimate of drug-likeness (QED) is 0.736. The highest BCUT2D eigenvalue weighted by atomic mass is 32.2. The van der Waals surface area contributed by atoms with Crippen LogP contribution in [0.25, 0.3) is 0 Å². The van der Waals surface area contributed by atoms with E-state index in [1.54, 1.807) is 25.9 Å². The summed E-state index contributed by atoms with van der Waals surface area (Å²) >= 11 is 1.67. The van der Waals surface area contributed by atoms with Crippen LogP contribution in [0.2, 0.25) is 0 Å². The van der Waals surface area contributed by atoms with Crippen molar-refractivity contribution in [3.8, 4) is 0 Å². The average Bonchev–Trinajstić information content (AvgIpc) is 2.31. The van der Waals surface area contributed by atoms with Gasteiger partial charge in [-0.05, 0) is 19.2 Å². The lowest BCUT2D eigenvalue weighted by atomic mass is 10.3. The first-order valence-corrected chi connectivity index (χ1v) is 5.83. The number of carbonyl (C=O) groups is 1. The molecular weight excluding hydrogens is 208 g/mol. The molecule has 0 bridgehead atoms. The third kappa shape index (κ3) is 3.93. The lowest BCUT2D eigenvalue weighted by molar-refractivity contribution is -0.122. The lowest BCUT2D eigenvalue weighted by Crippen LogP contribution is -2.42. The molecule has 3 nitrogen and oxygen atoms in total. The number of likely N-dealkylation sites (N-methyl/N-ethyl adjacent to an activating group) is 2. The molecule has 15 heavy (non-hydrogen) atoms. The fourth-order valence-electron chi connectivity index (χ4n) is 1.16. The van der Waals surface area contributed by atoms with E-state index in [0.29, 0.717) is 0 Å². The highest BCUT2D eigenvalue weighted by Gasteiger charge is 2.14. The Bertz CT molecular complexity index is 303. The molecule has 2 N–H and O–H groups in total. The van der Waals surface area contributed by atoms with Crippen LogP contribution in [0.15, 0.2) is 35.2 Å². The number of hydrogen-bond donors (Lipinski definition) is 2. The van der Waals surface area contributed by atoms with Crippen LogP contribution in [0, 0.1) is 0 Å². The molecule has 0 saturated carbocycles. The van der Waals surface area contributed by atoms with Crippen molar-refractivity contribution in [3.63, 3.8) is 0 Å². The number of hydrogen-bond acceptors (Lipinski definition) is 3. The fraction of sp³-hybridized carbons (Fsp3) is 0.364. The zero-order valence-electron chi connectivity index (χ0n) is 8.99. The van der Waals surface area contributed by atoms with Crippen LogP contribution in [0.3, 0.4) is 0 Å². The number of rotatable bonds is 5. The van der Waals surface area contributed by atoms with Crippen LogP contribution in [0.5, 0.6) is 0 Å². The van der Waals surface area contributed by atoms with Gasteiger partial charge in [-0.25, -0.2) is 0 Å². The molecule has 82 valence electrons. The van der Waals surface area contributed by atoms with E-state index >= 15 is 0 Å². The first-order valence-electron chi connectivity index (χ1n) is 4.84. The number of nitrogens with one attached hydrogen (secondary N) is 2. The van der Waals surface area contributed by atoms with Crippen molar-refractivity contribution in [2.24, 2.45) is 0 Å². The molecular formula is C11H16N2OS. The Morgan fingerprint density at radius 3 is 2.53 bits per heavy atom. The maximum Gasteiger partial charge on any atom is 0.237 e. The molecule has 0 radical (unpaired) electrons. The van der Waals surface area contributed by atoms with Crippen LogP contribution in [0.4, 0.5) is 0 Å². The van der Waals surface area contributed by atoms with Gasteiger partial charge in [-0.1, -0.05) is 18.2 Å². The molecule has 1 rings (SSSR count). The molecule has 0 spiro atoms. The maximum atomic E-state index is 11.4. The van der Waals surface area contributed by atoms with Gasteiger partial charge in [0.2, 0.25) is 5.91 Å². The van der Waals surface area contributed by atoms with Crippen molar-refractivity contribution in [1.29, 1.82) is 0 Å². The maximum absolute atomic E-state index is 11.4. The SMILES string of the molecule is CNC(=O)[C@H](CSc1ccccc1)NC. The molecule has 0 unspecified atom stereocenters. The molecule has 0 aliphatic rings. The van der Waals surface area contributed by atoms with Gasteiger partial charge in [0.1, 0.15) is 0 Å². The van der Waals surface area contributed by atoms with Crippen molar-refractivity contribution >= 4 is 17.7 Å². The normalized spacial score (nSPS) is 12.1. The Hall–Kier alpha value is -1.00. The highest BCUT2D eigenvalue weighted by molar-refractivity contribution is 7.99. The van der Waals surface area contributed by atoms with E-state index < -0.39 is 0 Å². The summed E-state index contributed by atoms with van der Waals surface area (Å²) in [5, 5.41) is 5.63. The van der Waals surface area contributed by atoms with Gasteiger partial charge < -0.3 is 10.6 Å². The lowest BCUT2D eigenvalue weighted by Gasteiger charge is -2.13. The van der Waals surface area contributed by atoms with Gasteiger partial charge in [-0.2, -0.15) is 0 Å². The third-order valence-electron chi connectivity index (χ3n) is 2.07. The zero-order valence-corrected chi connectivity index (χ0v) is 9.80. The molecule has 0 heterocycles. The molecule has 0 aromatic heterocycles. The number of amides is 1. The van der Waals surface area contributed by atoms with Gasteiger partial charge in [0.05, 0.1) is 6.04 Å². The Morgan fingerprint density at radius 1 is 1.33 bits per heavy atom. The van der Waals surface area contributed by atoms with Gasteiger partial charge in [-0.3, -0.25) is 4.79 Å². The predicted molar refractivity (Wildman–Crippen MR) is 64.1 cm³/mol. The average molecular weight is 224 g/mol. The zero-order chi connectivity index (χ0) is 11.1. The van der Waals surface area contributed by atoms with Gasteiger partial charge in [0.25, 0.3) is 0 Å². The third-order valence-corrected chi connectivity index (χ3v) is 3.18. The standard InChI is InChI=1S/C11H16N2OS/c1-12-10(11(14)13-2)8-15-9-6-4-3-5-7-9/h3-7,10,12H,8H2,1-2H3,(H,13,14)/t10-/m0/s1. The Labute approximate surface area is 94.6 Å². The monoisotopic (exact) mass is 224 g/mol. The van der Waals surface area contributed by atoms with Crippen LogP contribution >= 0.6 is 11.8 Å². The van der Waals surface area contributed by atoms with E-state index in [9.17, 15) is 4.79 Å². The molecule has 1 atom stereocenters. The van der Waals surface area contributed by atoms with Crippen molar-refractivity contribution in [2.75, 3.05) is 19.8 Å². The fourth-order valence-corrected chi connectivity index (χ4v) is 2.19. The van der Waals surface area contributed by atoms with E-state index in [0.717, 1.165) is 5.75 Å². The molecule has 1 amide bonds. The molecule has 4 heteroatoms. The number of carbonyl (C=O) groups excluding carboxylic acids is 1. The first kappa shape index (κ1) is 12.1. The van der Waals surface area contributed by atoms with Crippen LogP contribution < -0.4 is 10.6 Å². The Balaban J connectivity index is 2.44. The van der Waals surface area contributed by atoms with Gasteiger partial charge in [0.15, 0.2) is 0 Å². The largest absolute Gasteiger partial charge is 0.358 e. The van der Waals surface area contributed by atoms with Crippen LogP contribution in [-0.4, -0.2) is 31.8 Å². The van der Waals surface area contributed by atoms with Crippen LogP contribution in [0.1, 0.15) is 0 Å². The molecule has 1 aromatic rings. The summed E-state index contributed by atoms with van der Waals surface area (Å²) in [6.45, 7) is 0. The van der Waals surface area contributed by atoms with Crippen molar-refractivity contribution in [3.05, 3.63) is 30.3 Å². The van der Waals surface area contributed by atoms with Gasteiger partial charge in [0, 0.05) is 17.7 Å². The summed E-state index contributed by atoms with van der Waals surface area (Å²) in [7, 11) is 3.45.